The molecule has 1 aromatic carbocycles. The fourth-order valence-electron chi connectivity index (χ4n) is 2.16. The second kappa shape index (κ2) is 4.51. The van der Waals surface area contributed by atoms with Crippen LogP contribution in [0, 0.1) is 25.2 Å². The fraction of sp³-hybridized carbons (Fsp3) is 0.250. The molecular formula is C16H17N. The number of hydrogen-bond acceptors (Lipinski definition) is 1. The molecule has 2 rings (SSSR count). The summed E-state index contributed by atoms with van der Waals surface area (Å²) in [6.07, 6.45) is 9.58. The Kier molecular flexibility index (Phi) is 3.06. The second-order valence-electron chi connectivity index (χ2n) is 4.47. The highest BCUT2D eigenvalue weighted by atomic mass is 14.9. The average Bonchev–Trinajstić information content (AvgIpc) is 2.50. The van der Waals surface area contributed by atoms with E-state index in [2.05, 4.69) is 49.9 Å². The highest BCUT2D eigenvalue weighted by Crippen LogP contribution is 2.30. The molecule has 0 saturated heterocycles. The predicted octanol–water partition coefficient (Wildman–Crippen LogP) is 3.72. The minimum atomic E-state index is 0.374. The van der Waals surface area contributed by atoms with Crippen LogP contribution in [0.2, 0.25) is 0 Å². The zero-order chi connectivity index (χ0) is 12.4. The number of nitrogens with one attached hydrogen (secondary N) is 1. The molecule has 1 aliphatic rings. The average molecular weight is 223 g/mol. The Morgan fingerprint density at radius 2 is 2.29 bits per heavy atom. The maximum atomic E-state index is 5.57. The van der Waals surface area contributed by atoms with Crippen molar-refractivity contribution in [3.8, 4) is 12.3 Å². The third kappa shape index (κ3) is 1.99. The van der Waals surface area contributed by atoms with Gasteiger partial charge in [-0.05, 0) is 30.2 Å². The van der Waals surface area contributed by atoms with Gasteiger partial charge < -0.3 is 5.32 Å². The molecule has 0 aliphatic carbocycles. The first-order valence-corrected chi connectivity index (χ1v) is 5.85. The van der Waals surface area contributed by atoms with Gasteiger partial charge in [0.1, 0.15) is 0 Å². The normalized spacial score (nSPS) is 18.2. The van der Waals surface area contributed by atoms with Crippen LogP contribution in [-0.2, 0) is 0 Å². The molecule has 0 spiro atoms. The van der Waals surface area contributed by atoms with Gasteiger partial charge in [0.05, 0.1) is 0 Å². The fourth-order valence-corrected chi connectivity index (χ4v) is 2.16. The topological polar surface area (TPSA) is 12.0 Å². The number of hydrogen-bond donors (Lipinski definition) is 1. The van der Waals surface area contributed by atoms with Gasteiger partial charge in [-0.15, -0.1) is 6.42 Å². The summed E-state index contributed by atoms with van der Waals surface area (Å²) in [5, 5.41) is 3.45. The quantitative estimate of drug-likeness (QED) is 0.715. The molecule has 0 aromatic heterocycles. The van der Waals surface area contributed by atoms with Gasteiger partial charge in [-0.3, -0.25) is 0 Å². The lowest BCUT2D eigenvalue weighted by atomic mass is 9.96. The van der Waals surface area contributed by atoms with E-state index in [9.17, 15) is 0 Å². The Labute approximate surface area is 103 Å². The summed E-state index contributed by atoms with van der Waals surface area (Å²) in [6.45, 7) is 8.98. The van der Waals surface area contributed by atoms with Crippen molar-refractivity contribution in [1.82, 2.24) is 0 Å². The molecule has 86 valence electrons. The maximum Gasteiger partial charge on any atom is 0.0417 e. The molecule has 1 nitrogen and oxygen atoms in total. The monoisotopic (exact) mass is 223 g/mol. The Morgan fingerprint density at radius 1 is 1.53 bits per heavy atom. The molecule has 0 amide bonds. The summed E-state index contributed by atoms with van der Waals surface area (Å²) < 4.78 is 0. The van der Waals surface area contributed by atoms with Crippen molar-refractivity contribution in [2.24, 2.45) is 5.92 Å². The zero-order valence-corrected chi connectivity index (χ0v) is 10.4. The van der Waals surface area contributed by atoms with Crippen LogP contribution in [0.15, 0.2) is 24.3 Å². The third-order valence-corrected chi connectivity index (χ3v) is 3.37. The van der Waals surface area contributed by atoms with Crippen LogP contribution in [0.1, 0.15) is 23.6 Å². The van der Waals surface area contributed by atoms with E-state index in [0.29, 0.717) is 5.92 Å². The Hall–Kier alpha value is -1.94. The summed E-state index contributed by atoms with van der Waals surface area (Å²) in [6, 6.07) is 4.19. The van der Waals surface area contributed by atoms with Gasteiger partial charge in [-0.1, -0.05) is 31.6 Å². The summed E-state index contributed by atoms with van der Waals surface area (Å²) in [5.74, 6) is 3.17. The number of fused-ring (bicyclic) bond motifs is 1. The molecule has 0 radical (unpaired) electrons. The van der Waals surface area contributed by atoms with Gasteiger partial charge in [-0.2, -0.15) is 0 Å². The number of benzene rings is 1. The van der Waals surface area contributed by atoms with E-state index in [1.807, 2.05) is 6.08 Å². The second-order valence-corrected chi connectivity index (χ2v) is 4.47. The van der Waals surface area contributed by atoms with Crippen molar-refractivity contribution in [2.75, 3.05) is 11.9 Å². The number of anilines is 1. The van der Waals surface area contributed by atoms with Crippen LogP contribution in [0.5, 0.6) is 0 Å². The van der Waals surface area contributed by atoms with Crippen molar-refractivity contribution in [2.45, 2.75) is 13.8 Å². The van der Waals surface area contributed by atoms with Crippen molar-refractivity contribution in [3.05, 3.63) is 41.0 Å². The van der Waals surface area contributed by atoms with Crippen LogP contribution < -0.4 is 5.32 Å². The lowest BCUT2D eigenvalue weighted by Gasteiger charge is -2.12. The van der Waals surface area contributed by atoms with Gasteiger partial charge in [0.15, 0.2) is 0 Å². The highest BCUT2D eigenvalue weighted by molar-refractivity contribution is 5.77. The summed E-state index contributed by atoms with van der Waals surface area (Å²) >= 11 is 0. The minimum Gasteiger partial charge on any atom is -0.384 e. The third-order valence-electron chi connectivity index (χ3n) is 3.37. The molecule has 0 saturated carbocycles. The summed E-state index contributed by atoms with van der Waals surface area (Å²) in [5.41, 5.74) is 5.80. The van der Waals surface area contributed by atoms with Crippen molar-refractivity contribution in [3.63, 3.8) is 0 Å². The van der Waals surface area contributed by atoms with E-state index in [0.717, 1.165) is 23.4 Å². The SMILES string of the molecule is C#CC1=Cc2c(ccc(C=C)c2C)NCC1C. The summed E-state index contributed by atoms with van der Waals surface area (Å²) in [4.78, 5) is 0. The smallest absolute Gasteiger partial charge is 0.0417 e. The first-order chi connectivity index (χ1) is 8.17. The lowest BCUT2D eigenvalue weighted by Crippen LogP contribution is -2.10. The number of rotatable bonds is 1. The van der Waals surface area contributed by atoms with E-state index in [4.69, 9.17) is 6.42 Å². The lowest BCUT2D eigenvalue weighted by molar-refractivity contribution is 0.752. The minimum absolute atomic E-state index is 0.374. The molecule has 1 heterocycles. The van der Waals surface area contributed by atoms with Gasteiger partial charge in [0, 0.05) is 29.3 Å². The van der Waals surface area contributed by atoms with Crippen LogP contribution in [-0.4, -0.2) is 6.54 Å². The van der Waals surface area contributed by atoms with Crippen molar-refractivity contribution in [1.29, 1.82) is 0 Å². The van der Waals surface area contributed by atoms with Crippen molar-refractivity contribution >= 4 is 17.8 Å². The molecule has 1 aliphatic heterocycles. The first kappa shape index (κ1) is 11.5. The highest BCUT2D eigenvalue weighted by Gasteiger charge is 2.15. The number of terminal acetylenes is 1. The summed E-state index contributed by atoms with van der Waals surface area (Å²) in [7, 11) is 0. The zero-order valence-electron chi connectivity index (χ0n) is 10.4. The molecule has 1 N–H and O–H groups in total. The van der Waals surface area contributed by atoms with E-state index in [1.54, 1.807) is 0 Å². The molecule has 17 heavy (non-hydrogen) atoms. The molecule has 0 fully saturated rings. The van der Waals surface area contributed by atoms with Crippen LogP contribution in [0.3, 0.4) is 0 Å². The Bertz CT molecular complexity index is 529. The molecule has 1 heteroatoms. The van der Waals surface area contributed by atoms with E-state index < -0.39 is 0 Å². The Balaban J connectivity index is 2.64. The largest absolute Gasteiger partial charge is 0.384 e. The van der Waals surface area contributed by atoms with Gasteiger partial charge in [-0.25, -0.2) is 0 Å². The Morgan fingerprint density at radius 3 is 2.94 bits per heavy atom. The molecule has 1 unspecified atom stereocenters. The van der Waals surface area contributed by atoms with Gasteiger partial charge in [0.25, 0.3) is 0 Å². The van der Waals surface area contributed by atoms with Gasteiger partial charge in [0.2, 0.25) is 0 Å². The van der Waals surface area contributed by atoms with Crippen LogP contribution in [0.4, 0.5) is 5.69 Å². The van der Waals surface area contributed by atoms with E-state index in [-0.39, 0.29) is 0 Å². The van der Waals surface area contributed by atoms with E-state index in [1.165, 1.54) is 11.1 Å². The van der Waals surface area contributed by atoms with Crippen LogP contribution in [0.25, 0.3) is 12.2 Å². The van der Waals surface area contributed by atoms with E-state index >= 15 is 0 Å². The van der Waals surface area contributed by atoms with Crippen LogP contribution >= 0.6 is 0 Å². The molecular weight excluding hydrogens is 206 g/mol. The van der Waals surface area contributed by atoms with Crippen molar-refractivity contribution < 1.29 is 0 Å². The standard InChI is InChI=1S/C16H17N/c1-5-13-7-8-16-15(12(13)4)9-14(6-2)11(3)10-17-16/h2,5,7-9,11,17H,1,10H2,3-4H3. The van der Waals surface area contributed by atoms with Gasteiger partial charge >= 0.3 is 0 Å². The predicted molar refractivity (Wildman–Crippen MR) is 75.7 cm³/mol. The molecule has 0 bridgehead atoms. The molecule has 1 atom stereocenters. The first-order valence-electron chi connectivity index (χ1n) is 5.85. The maximum absolute atomic E-state index is 5.57. The molecule has 1 aromatic rings.